The van der Waals surface area contributed by atoms with Crippen LogP contribution in [0.3, 0.4) is 0 Å². The Labute approximate surface area is 191 Å². The van der Waals surface area contributed by atoms with E-state index in [1.54, 1.807) is 4.57 Å². The van der Waals surface area contributed by atoms with Crippen LogP contribution in [0.1, 0.15) is 35.7 Å². The summed E-state index contributed by atoms with van der Waals surface area (Å²) in [6.45, 7) is 3.98. The van der Waals surface area contributed by atoms with Crippen molar-refractivity contribution in [3.05, 3.63) is 70.9 Å². The highest BCUT2D eigenvalue weighted by atomic mass is 19.1. The Hall–Kier alpha value is -3.36. The molecule has 6 rings (SSSR count). The smallest absolute Gasteiger partial charge is 0.229 e. The van der Waals surface area contributed by atoms with Gasteiger partial charge in [0.2, 0.25) is 5.95 Å². The molecule has 33 heavy (non-hydrogen) atoms. The van der Waals surface area contributed by atoms with E-state index >= 15 is 0 Å². The number of benzene rings is 1. The largest absolute Gasteiger partial charge is 0.324 e. The van der Waals surface area contributed by atoms with Crippen LogP contribution in [0.15, 0.2) is 42.7 Å². The second-order valence-electron chi connectivity index (χ2n) is 9.47. The van der Waals surface area contributed by atoms with E-state index < -0.39 is 5.54 Å². The fraction of sp³-hybridized carbons (Fsp3) is 0.320. The third-order valence-corrected chi connectivity index (χ3v) is 6.83. The van der Waals surface area contributed by atoms with Gasteiger partial charge in [0, 0.05) is 31.2 Å². The summed E-state index contributed by atoms with van der Waals surface area (Å²) in [7, 11) is 2.13. The summed E-state index contributed by atoms with van der Waals surface area (Å²) < 4.78 is 16.4. The Bertz CT molecular complexity index is 1390. The van der Waals surface area contributed by atoms with E-state index in [9.17, 15) is 4.39 Å². The average Bonchev–Trinajstić information content (AvgIpc) is 3.29. The van der Waals surface area contributed by atoms with E-state index in [-0.39, 0.29) is 5.82 Å². The molecule has 1 aliphatic carbocycles. The molecule has 3 N–H and O–H groups in total. The second kappa shape index (κ2) is 7.33. The Morgan fingerprint density at radius 1 is 1.09 bits per heavy atom. The summed E-state index contributed by atoms with van der Waals surface area (Å²) in [6.07, 6.45) is 5.74. The maximum atomic E-state index is 14.7. The lowest BCUT2D eigenvalue weighted by Crippen LogP contribution is -2.31. The molecule has 0 fully saturated rings. The first kappa shape index (κ1) is 20.3. The number of anilines is 2. The number of likely N-dealkylation sites (N-methyl/N-ethyl adjacent to an activating group) is 1. The van der Waals surface area contributed by atoms with Gasteiger partial charge in [-0.25, -0.2) is 14.4 Å². The minimum Gasteiger partial charge on any atom is -0.324 e. The van der Waals surface area contributed by atoms with Gasteiger partial charge in [-0.2, -0.15) is 4.98 Å². The zero-order valence-corrected chi connectivity index (χ0v) is 18.8. The molecule has 0 saturated carbocycles. The first-order valence-corrected chi connectivity index (χ1v) is 11.3. The number of pyridine rings is 1. The number of fused-ring (bicyclic) bond motifs is 3. The van der Waals surface area contributed by atoms with Crippen molar-refractivity contribution < 1.29 is 4.39 Å². The van der Waals surface area contributed by atoms with Crippen molar-refractivity contribution in [1.29, 1.82) is 0 Å². The number of hydrogen-bond acceptors (Lipinski definition) is 6. The van der Waals surface area contributed by atoms with Gasteiger partial charge in [0.05, 0.1) is 16.6 Å². The van der Waals surface area contributed by atoms with Crippen molar-refractivity contribution in [3.8, 4) is 5.82 Å². The van der Waals surface area contributed by atoms with Crippen molar-refractivity contribution in [2.75, 3.05) is 18.9 Å². The third-order valence-electron chi connectivity index (χ3n) is 6.83. The van der Waals surface area contributed by atoms with Crippen molar-refractivity contribution in [2.45, 2.75) is 38.3 Å². The molecule has 4 heterocycles. The summed E-state index contributed by atoms with van der Waals surface area (Å²) in [5.41, 5.74) is 12.0. The van der Waals surface area contributed by atoms with Crippen LogP contribution in [0.25, 0.3) is 16.9 Å². The van der Waals surface area contributed by atoms with Gasteiger partial charge in [0.25, 0.3) is 0 Å². The molecule has 1 atom stereocenters. The Kier molecular flexibility index (Phi) is 4.50. The normalized spacial score (nSPS) is 20.1. The van der Waals surface area contributed by atoms with Crippen LogP contribution in [0.2, 0.25) is 0 Å². The second-order valence-corrected chi connectivity index (χ2v) is 9.47. The Morgan fingerprint density at radius 2 is 1.94 bits per heavy atom. The van der Waals surface area contributed by atoms with Gasteiger partial charge in [-0.1, -0.05) is 12.1 Å². The molecule has 2 aliphatic rings. The number of nitrogens with one attached hydrogen (secondary N) is 1. The van der Waals surface area contributed by atoms with E-state index in [4.69, 9.17) is 10.7 Å². The third kappa shape index (κ3) is 3.46. The topological polar surface area (TPSA) is 84.9 Å². The van der Waals surface area contributed by atoms with Gasteiger partial charge < -0.3 is 16.0 Å². The minimum absolute atomic E-state index is 0.352. The van der Waals surface area contributed by atoms with Gasteiger partial charge in [-0.15, -0.1) is 0 Å². The molecule has 168 valence electrons. The molecule has 7 nitrogen and oxygen atoms in total. The SMILES string of the molecule is CN1CCc2ccc(Nc3ncc4c(F)cn(-c5ccc6c(n5)[C@@](C)(N)CC6)c4n3)cc2C1. The minimum atomic E-state index is -0.477. The van der Waals surface area contributed by atoms with Crippen LogP contribution in [0, 0.1) is 5.82 Å². The predicted octanol–water partition coefficient (Wildman–Crippen LogP) is 3.81. The van der Waals surface area contributed by atoms with Crippen LogP contribution >= 0.6 is 0 Å². The van der Waals surface area contributed by atoms with Crippen molar-refractivity contribution >= 4 is 22.7 Å². The predicted molar refractivity (Wildman–Crippen MR) is 126 cm³/mol. The average molecular weight is 444 g/mol. The number of aryl methyl sites for hydroxylation is 1. The fourth-order valence-corrected chi connectivity index (χ4v) is 4.93. The quantitative estimate of drug-likeness (QED) is 0.501. The highest BCUT2D eigenvalue weighted by Crippen LogP contribution is 2.34. The van der Waals surface area contributed by atoms with Crippen molar-refractivity contribution in [3.63, 3.8) is 0 Å². The highest BCUT2D eigenvalue weighted by molar-refractivity contribution is 5.79. The number of aromatic nitrogens is 4. The highest BCUT2D eigenvalue weighted by Gasteiger charge is 2.32. The lowest BCUT2D eigenvalue weighted by molar-refractivity contribution is 0.313. The summed E-state index contributed by atoms with van der Waals surface area (Å²) in [5.74, 6) is 0.629. The van der Waals surface area contributed by atoms with Gasteiger partial charge in [-0.3, -0.25) is 4.57 Å². The van der Waals surface area contributed by atoms with E-state index in [1.807, 2.05) is 25.1 Å². The molecule has 0 radical (unpaired) electrons. The number of nitrogens with two attached hydrogens (primary N) is 1. The standard InChI is InChI=1S/C25H26FN7/c1-25(27)9-7-16-4-6-21(30-22(16)25)33-14-20(26)19-12-28-24(31-23(19)33)29-18-5-3-15-8-10-32(2)13-17(15)11-18/h3-6,11-12,14H,7-10,13,27H2,1-2H3,(H,28,29,31)/t25-/m0/s1. The number of rotatable bonds is 3. The van der Waals surface area contributed by atoms with Crippen LogP contribution in [-0.2, 0) is 24.9 Å². The molecule has 1 aromatic carbocycles. The molecule has 1 aliphatic heterocycles. The summed E-state index contributed by atoms with van der Waals surface area (Å²) in [4.78, 5) is 16.1. The Morgan fingerprint density at radius 3 is 2.82 bits per heavy atom. The molecule has 4 aromatic rings. The molecule has 3 aromatic heterocycles. The maximum absolute atomic E-state index is 14.7. The fourth-order valence-electron chi connectivity index (χ4n) is 4.93. The molecule has 8 heteroatoms. The van der Waals surface area contributed by atoms with Crippen LogP contribution in [0.4, 0.5) is 16.0 Å². The van der Waals surface area contributed by atoms with Gasteiger partial charge in [0.1, 0.15) is 5.82 Å². The van der Waals surface area contributed by atoms with Crippen molar-refractivity contribution in [2.24, 2.45) is 5.73 Å². The van der Waals surface area contributed by atoms with Crippen LogP contribution in [0.5, 0.6) is 0 Å². The summed E-state index contributed by atoms with van der Waals surface area (Å²) in [6, 6.07) is 10.3. The van der Waals surface area contributed by atoms with Gasteiger partial charge in [-0.05, 0) is 68.1 Å². The van der Waals surface area contributed by atoms with E-state index in [1.165, 1.54) is 23.5 Å². The zero-order chi connectivity index (χ0) is 22.7. The first-order valence-electron chi connectivity index (χ1n) is 11.3. The monoisotopic (exact) mass is 443 g/mol. The molecule has 0 saturated heterocycles. The molecular weight excluding hydrogens is 417 g/mol. The lowest BCUT2D eigenvalue weighted by atomic mass is 9.99. The molecule has 0 spiro atoms. The molecular formula is C25H26FN7. The Balaban J connectivity index is 1.38. The number of halogens is 1. The van der Waals surface area contributed by atoms with Crippen molar-refractivity contribution in [1.82, 2.24) is 24.4 Å². The summed E-state index contributed by atoms with van der Waals surface area (Å²) >= 11 is 0. The number of nitrogens with zero attached hydrogens (tertiary/aromatic N) is 5. The van der Waals surface area contributed by atoms with E-state index in [2.05, 4.69) is 39.4 Å². The van der Waals surface area contributed by atoms with E-state index in [0.717, 1.165) is 49.3 Å². The maximum Gasteiger partial charge on any atom is 0.229 e. The molecule has 0 amide bonds. The number of hydrogen-bond donors (Lipinski definition) is 2. The van der Waals surface area contributed by atoms with Crippen LogP contribution < -0.4 is 11.1 Å². The van der Waals surface area contributed by atoms with E-state index in [0.29, 0.717) is 22.8 Å². The molecule has 0 unspecified atom stereocenters. The lowest BCUT2D eigenvalue weighted by Gasteiger charge is -2.25. The van der Waals surface area contributed by atoms with Gasteiger partial charge >= 0.3 is 0 Å². The zero-order valence-electron chi connectivity index (χ0n) is 18.8. The molecule has 0 bridgehead atoms. The van der Waals surface area contributed by atoms with Crippen LogP contribution in [-0.4, -0.2) is 38.0 Å². The summed E-state index contributed by atoms with van der Waals surface area (Å²) in [5, 5.41) is 3.64. The first-order chi connectivity index (χ1) is 15.9. The van der Waals surface area contributed by atoms with Gasteiger partial charge in [0.15, 0.2) is 11.5 Å².